The zero-order valence-electron chi connectivity index (χ0n) is 22.1. The first-order chi connectivity index (χ1) is 18.7. The van der Waals surface area contributed by atoms with Crippen LogP contribution in [0.2, 0.25) is 0 Å². The van der Waals surface area contributed by atoms with Crippen molar-refractivity contribution >= 4 is 48.0 Å². The van der Waals surface area contributed by atoms with Crippen molar-refractivity contribution in [3.63, 3.8) is 0 Å². The molecule has 3 unspecified atom stereocenters. The third kappa shape index (κ3) is 8.20. The average Bonchev–Trinajstić information content (AvgIpc) is 3.32. The summed E-state index contributed by atoms with van der Waals surface area (Å²) in [5.74, 6) is -0.514. The molecule has 0 bridgehead atoms. The van der Waals surface area contributed by atoms with Gasteiger partial charge < -0.3 is 15.0 Å². The van der Waals surface area contributed by atoms with E-state index in [1.165, 1.54) is 40.9 Å². The molecule has 2 aliphatic rings. The summed E-state index contributed by atoms with van der Waals surface area (Å²) in [6, 6.07) is 5.07. The van der Waals surface area contributed by atoms with Crippen LogP contribution in [0.25, 0.3) is 0 Å². The number of nitrogens with one attached hydrogen (secondary N) is 1. The van der Waals surface area contributed by atoms with Crippen LogP contribution in [0, 0.1) is 10.1 Å². The SMILES string of the molecule is CCSC(C(=O)N(O)CC(=O)N(CC)N1CCNCC1)C1CC(S)CN1C(=O)OCc1ccc([N+](=O)[O-])cc1. The third-order valence-electron chi connectivity index (χ3n) is 6.57. The number of carbonyl (C=O) groups is 3. The van der Waals surface area contributed by atoms with E-state index in [-0.39, 0.29) is 24.1 Å². The molecule has 216 valence electrons. The standard InChI is InChI=1S/C24H36N6O7S2/c1-3-28(26-11-9-25-10-12-26)21(31)15-29(34)23(32)22(39-4-2)20-13-19(38)14-27(20)24(33)37-16-17-5-7-18(8-6-17)30(35)36/h5-8,19-20,22,25,34,38H,3-4,9-16H2,1-2H3. The topological polar surface area (TPSA) is 149 Å². The molecule has 0 saturated carbocycles. The van der Waals surface area contributed by atoms with E-state index in [0.29, 0.717) is 42.4 Å². The van der Waals surface area contributed by atoms with Crippen molar-refractivity contribution in [1.29, 1.82) is 0 Å². The summed E-state index contributed by atoms with van der Waals surface area (Å²) in [6.45, 7) is 6.54. The van der Waals surface area contributed by atoms with Crippen LogP contribution in [0.15, 0.2) is 24.3 Å². The fraction of sp³-hybridized carbons (Fsp3) is 0.625. The van der Waals surface area contributed by atoms with E-state index in [0.717, 1.165) is 13.1 Å². The highest BCUT2D eigenvalue weighted by molar-refractivity contribution is 8.00. The van der Waals surface area contributed by atoms with Crippen molar-refractivity contribution in [2.45, 2.75) is 43.4 Å². The molecule has 2 heterocycles. The Balaban J connectivity index is 1.65. The van der Waals surface area contributed by atoms with Gasteiger partial charge in [0.1, 0.15) is 18.4 Å². The van der Waals surface area contributed by atoms with Crippen LogP contribution < -0.4 is 5.32 Å². The Kier molecular flexibility index (Phi) is 11.7. The van der Waals surface area contributed by atoms with Gasteiger partial charge in [0.25, 0.3) is 17.5 Å². The predicted molar refractivity (Wildman–Crippen MR) is 148 cm³/mol. The number of hydrazine groups is 1. The summed E-state index contributed by atoms with van der Waals surface area (Å²) < 4.78 is 5.45. The molecule has 2 aliphatic heterocycles. The van der Waals surface area contributed by atoms with Crippen molar-refractivity contribution in [2.24, 2.45) is 0 Å². The van der Waals surface area contributed by atoms with Crippen molar-refractivity contribution in [3.05, 3.63) is 39.9 Å². The number of benzene rings is 1. The van der Waals surface area contributed by atoms with E-state index < -0.39 is 40.7 Å². The lowest BCUT2D eigenvalue weighted by molar-refractivity contribution is -0.384. The van der Waals surface area contributed by atoms with Crippen molar-refractivity contribution in [1.82, 2.24) is 25.3 Å². The van der Waals surface area contributed by atoms with E-state index in [2.05, 4.69) is 17.9 Å². The predicted octanol–water partition coefficient (Wildman–Crippen LogP) is 1.61. The zero-order chi connectivity index (χ0) is 28.5. The number of thiol groups is 1. The molecular weight excluding hydrogens is 548 g/mol. The van der Waals surface area contributed by atoms with Gasteiger partial charge in [-0.25, -0.2) is 14.9 Å². The molecule has 15 heteroatoms. The van der Waals surface area contributed by atoms with E-state index >= 15 is 0 Å². The molecule has 3 atom stereocenters. The van der Waals surface area contributed by atoms with Crippen molar-refractivity contribution in [2.75, 3.05) is 51.6 Å². The fourth-order valence-corrected chi connectivity index (χ4v) is 6.17. The molecule has 3 rings (SSSR count). The summed E-state index contributed by atoms with van der Waals surface area (Å²) >= 11 is 5.81. The zero-order valence-corrected chi connectivity index (χ0v) is 23.8. The first kappa shape index (κ1) is 30.9. The smallest absolute Gasteiger partial charge is 0.410 e. The van der Waals surface area contributed by atoms with Gasteiger partial charge in [-0.3, -0.25) is 29.9 Å². The number of piperazine rings is 1. The highest BCUT2D eigenvalue weighted by Crippen LogP contribution is 2.32. The quantitative estimate of drug-likeness (QED) is 0.152. The second-order valence-corrected chi connectivity index (χ2v) is 11.3. The van der Waals surface area contributed by atoms with Crippen LogP contribution in [0.4, 0.5) is 10.5 Å². The average molecular weight is 585 g/mol. The van der Waals surface area contributed by atoms with Crippen molar-refractivity contribution in [3.8, 4) is 0 Å². The minimum Gasteiger partial charge on any atom is -0.445 e. The molecule has 2 fully saturated rings. The Hall–Kier alpha value is -2.59. The summed E-state index contributed by atoms with van der Waals surface area (Å²) in [5, 5.41) is 27.6. The first-order valence-corrected chi connectivity index (χ1v) is 14.4. The number of likely N-dealkylation sites (N-methyl/N-ethyl adjacent to an activating group) is 1. The van der Waals surface area contributed by atoms with E-state index in [9.17, 15) is 29.7 Å². The molecule has 2 saturated heterocycles. The molecule has 0 aliphatic carbocycles. The van der Waals surface area contributed by atoms with Gasteiger partial charge in [0, 0.05) is 56.7 Å². The highest BCUT2D eigenvalue weighted by atomic mass is 32.2. The van der Waals surface area contributed by atoms with E-state index in [1.54, 1.807) is 5.01 Å². The number of ether oxygens (including phenoxy) is 1. The maximum Gasteiger partial charge on any atom is 0.410 e. The van der Waals surface area contributed by atoms with E-state index in [4.69, 9.17) is 4.74 Å². The minimum absolute atomic E-state index is 0.0671. The third-order valence-corrected chi connectivity index (χ3v) is 8.15. The summed E-state index contributed by atoms with van der Waals surface area (Å²) in [5.41, 5.74) is 0.510. The number of nitro groups is 1. The molecule has 2 N–H and O–H groups in total. The van der Waals surface area contributed by atoms with Crippen molar-refractivity contribution < 1.29 is 29.3 Å². The molecule has 0 radical (unpaired) electrons. The highest BCUT2D eigenvalue weighted by Gasteiger charge is 2.44. The van der Waals surface area contributed by atoms with Gasteiger partial charge in [0.15, 0.2) is 0 Å². The number of hydrogen-bond donors (Lipinski definition) is 3. The maximum atomic E-state index is 13.4. The van der Waals surface area contributed by atoms with Crippen LogP contribution in [0.1, 0.15) is 25.8 Å². The van der Waals surface area contributed by atoms with Gasteiger partial charge in [0.2, 0.25) is 0 Å². The first-order valence-electron chi connectivity index (χ1n) is 12.9. The molecular formula is C24H36N6O7S2. The number of amides is 3. The summed E-state index contributed by atoms with van der Waals surface area (Å²) in [7, 11) is 0. The maximum absolute atomic E-state index is 13.4. The van der Waals surface area contributed by atoms with Crippen LogP contribution in [-0.2, 0) is 20.9 Å². The fourth-order valence-electron chi connectivity index (χ4n) is 4.67. The Labute approximate surface area is 237 Å². The second kappa shape index (κ2) is 14.7. The van der Waals surface area contributed by atoms with Crippen LogP contribution >= 0.6 is 24.4 Å². The van der Waals surface area contributed by atoms with Crippen LogP contribution in [-0.4, -0.2) is 116 Å². The lowest BCUT2D eigenvalue weighted by Gasteiger charge is -2.37. The van der Waals surface area contributed by atoms with Gasteiger partial charge in [-0.2, -0.15) is 12.6 Å². The molecule has 0 spiro atoms. The molecule has 39 heavy (non-hydrogen) atoms. The van der Waals surface area contributed by atoms with Crippen LogP contribution in [0.3, 0.4) is 0 Å². The van der Waals surface area contributed by atoms with Gasteiger partial charge in [-0.1, -0.05) is 6.92 Å². The Morgan fingerprint density at radius 2 is 1.92 bits per heavy atom. The Morgan fingerprint density at radius 3 is 2.51 bits per heavy atom. The van der Waals surface area contributed by atoms with Gasteiger partial charge in [-0.05, 0) is 36.8 Å². The number of nitro benzene ring substituents is 1. The van der Waals surface area contributed by atoms with E-state index in [1.807, 2.05) is 18.9 Å². The molecule has 1 aromatic carbocycles. The number of non-ortho nitro benzene ring substituents is 1. The normalized spacial score (nSPS) is 20.4. The number of likely N-dealkylation sites (tertiary alicyclic amines) is 1. The number of rotatable bonds is 11. The monoisotopic (exact) mass is 584 g/mol. The molecule has 1 aromatic rings. The lowest BCUT2D eigenvalue weighted by Crippen LogP contribution is -2.57. The largest absolute Gasteiger partial charge is 0.445 e. The minimum atomic E-state index is -0.828. The Morgan fingerprint density at radius 1 is 1.26 bits per heavy atom. The second-order valence-electron chi connectivity index (χ2n) is 9.17. The molecule has 13 nitrogen and oxygen atoms in total. The summed E-state index contributed by atoms with van der Waals surface area (Å²) in [4.78, 5) is 51.1. The number of thioether (sulfide) groups is 1. The molecule has 3 amide bonds. The van der Waals surface area contributed by atoms with Gasteiger partial charge in [0.05, 0.1) is 11.0 Å². The summed E-state index contributed by atoms with van der Waals surface area (Å²) in [6.07, 6.45) is -0.246. The lowest BCUT2D eigenvalue weighted by atomic mass is 10.1. The Bertz CT molecular complexity index is 1010. The number of nitrogens with zero attached hydrogens (tertiary/aromatic N) is 5. The number of hydrogen-bond acceptors (Lipinski definition) is 11. The number of hydroxylamine groups is 2. The van der Waals surface area contributed by atoms with Crippen LogP contribution in [0.5, 0.6) is 0 Å². The van der Waals surface area contributed by atoms with Gasteiger partial charge in [-0.15, -0.1) is 11.8 Å². The molecule has 0 aromatic heterocycles. The number of carbonyl (C=O) groups excluding carboxylic acids is 3. The van der Waals surface area contributed by atoms with Gasteiger partial charge >= 0.3 is 6.09 Å².